The fourth-order valence-corrected chi connectivity index (χ4v) is 5.88. The summed E-state index contributed by atoms with van der Waals surface area (Å²) >= 11 is 3.00. The van der Waals surface area contributed by atoms with Crippen molar-refractivity contribution >= 4 is 45.8 Å². The third-order valence-electron chi connectivity index (χ3n) is 5.65. The Morgan fingerprint density at radius 3 is 3.00 bits per heavy atom. The summed E-state index contributed by atoms with van der Waals surface area (Å²) in [6.45, 7) is 2.56. The Morgan fingerprint density at radius 2 is 2.29 bits per heavy atom. The molecule has 0 bridgehead atoms. The van der Waals surface area contributed by atoms with Crippen molar-refractivity contribution in [3.63, 3.8) is 0 Å². The van der Waals surface area contributed by atoms with Gasteiger partial charge in [0.15, 0.2) is 0 Å². The third kappa shape index (κ3) is 5.73. The standard InChI is InChI=1S/C24H25N5O3S2/c1-15-9-18(29(2)28-15)12-26-24(31)32-13-17-3-5-19-20(11-25)23(34-21(19)10-17)27-22(30)6-4-16-7-8-33-14-16/h4,6-9,14,17H,3,5,10,12-13H2,1-2H3,(H,26,31)(H,27,30)/b6-4+. The van der Waals surface area contributed by atoms with Crippen LogP contribution in [0.15, 0.2) is 29.0 Å². The van der Waals surface area contributed by atoms with Crippen molar-refractivity contribution in [3.05, 3.63) is 61.9 Å². The van der Waals surface area contributed by atoms with E-state index in [0.29, 0.717) is 30.1 Å². The number of carbonyl (C=O) groups excluding carboxylic acids is 2. The minimum absolute atomic E-state index is 0.171. The van der Waals surface area contributed by atoms with Gasteiger partial charge in [0.05, 0.1) is 30.1 Å². The second-order valence-corrected chi connectivity index (χ2v) is 10.0. The highest BCUT2D eigenvalue weighted by atomic mass is 32.1. The highest BCUT2D eigenvalue weighted by Crippen LogP contribution is 2.39. The molecule has 0 aliphatic heterocycles. The topological polar surface area (TPSA) is 109 Å². The van der Waals surface area contributed by atoms with Crippen LogP contribution in [0.2, 0.25) is 0 Å². The number of aromatic nitrogens is 2. The minimum Gasteiger partial charge on any atom is -0.449 e. The number of rotatable bonds is 7. The lowest BCUT2D eigenvalue weighted by Gasteiger charge is -2.21. The first-order valence-corrected chi connectivity index (χ1v) is 12.6. The van der Waals surface area contributed by atoms with Crippen LogP contribution in [0.3, 0.4) is 0 Å². The quantitative estimate of drug-likeness (QED) is 0.472. The summed E-state index contributed by atoms with van der Waals surface area (Å²) in [5, 5.41) is 24.0. The molecule has 1 unspecified atom stereocenters. The summed E-state index contributed by atoms with van der Waals surface area (Å²) < 4.78 is 7.17. The zero-order valence-electron chi connectivity index (χ0n) is 19.0. The van der Waals surface area contributed by atoms with Crippen molar-refractivity contribution in [3.8, 4) is 6.07 Å². The van der Waals surface area contributed by atoms with Crippen molar-refractivity contribution in [2.24, 2.45) is 13.0 Å². The van der Waals surface area contributed by atoms with E-state index in [9.17, 15) is 14.9 Å². The molecular formula is C24H25N5O3S2. The Labute approximate surface area is 205 Å². The van der Waals surface area contributed by atoms with E-state index < -0.39 is 6.09 Å². The Morgan fingerprint density at radius 1 is 1.44 bits per heavy atom. The Kier molecular flexibility index (Phi) is 7.45. The highest BCUT2D eigenvalue weighted by Gasteiger charge is 2.27. The number of nitriles is 1. The zero-order valence-corrected chi connectivity index (χ0v) is 20.6. The molecule has 1 aliphatic carbocycles. The summed E-state index contributed by atoms with van der Waals surface area (Å²) in [4.78, 5) is 25.6. The van der Waals surface area contributed by atoms with E-state index in [0.717, 1.165) is 40.2 Å². The van der Waals surface area contributed by atoms with E-state index in [-0.39, 0.29) is 11.8 Å². The zero-order chi connectivity index (χ0) is 24.1. The largest absolute Gasteiger partial charge is 0.449 e. The first-order chi connectivity index (χ1) is 16.4. The maximum Gasteiger partial charge on any atom is 0.407 e. The van der Waals surface area contributed by atoms with Gasteiger partial charge in [-0.1, -0.05) is 0 Å². The van der Waals surface area contributed by atoms with E-state index in [1.165, 1.54) is 17.4 Å². The second-order valence-electron chi connectivity index (χ2n) is 8.16. The molecule has 2 N–H and O–H groups in total. The molecule has 0 spiro atoms. The van der Waals surface area contributed by atoms with Crippen LogP contribution in [-0.2, 0) is 36.0 Å². The molecule has 1 atom stereocenters. The lowest BCUT2D eigenvalue weighted by atomic mass is 9.88. The predicted octanol–water partition coefficient (Wildman–Crippen LogP) is 4.41. The van der Waals surface area contributed by atoms with Gasteiger partial charge in [0.1, 0.15) is 11.1 Å². The molecule has 4 rings (SSSR count). The maximum atomic E-state index is 12.3. The normalized spacial score (nSPS) is 15.0. The lowest BCUT2D eigenvalue weighted by molar-refractivity contribution is -0.111. The molecular weight excluding hydrogens is 470 g/mol. The van der Waals surface area contributed by atoms with Gasteiger partial charge in [-0.3, -0.25) is 9.48 Å². The van der Waals surface area contributed by atoms with Gasteiger partial charge in [0.2, 0.25) is 5.91 Å². The van der Waals surface area contributed by atoms with Crippen LogP contribution in [0.5, 0.6) is 0 Å². The van der Waals surface area contributed by atoms with Gasteiger partial charge in [-0.25, -0.2) is 4.79 Å². The number of alkyl carbamates (subject to hydrolysis) is 1. The van der Waals surface area contributed by atoms with Crippen LogP contribution in [0.25, 0.3) is 6.08 Å². The highest BCUT2D eigenvalue weighted by molar-refractivity contribution is 7.16. The number of ether oxygens (including phenoxy) is 1. The first kappa shape index (κ1) is 23.7. The summed E-state index contributed by atoms with van der Waals surface area (Å²) in [5.41, 5.74) is 4.30. The molecule has 8 nitrogen and oxygen atoms in total. The molecule has 3 aromatic heterocycles. The number of amides is 2. The van der Waals surface area contributed by atoms with Crippen molar-refractivity contribution in [1.29, 1.82) is 5.26 Å². The molecule has 0 saturated carbocycles. The number of carbonyl (C=O) groups is 2. The Balaban J connectivity index is 1.31. The number of thiophene rings is 2. The third-order valence-corrected chi connectivity index (χ3v) is 7.52. The maximum absolute atomic E-state index is 12.3. The molecule has 0 radical (unpaired) electrons. The molecule has 0 fully saturated rings. The summed E-state index contributed by atoms with van der Waals surface area (Å²) in [6.07, 6.45) is 5.02. The summed E-state index contributed by atoms with van der Waals surface area (Å²) in [7, 11) is 1.84. The van der Waals surface area contributed by atoms with Crippen molar-refractivity contribution in [2.75, 3.05) is 11.9 Å². The van der Waals surface area contributed by atoms with Crippen LogP contribution in [0.4, 0.5) is 9.80 Å². The number of nitrogens with one attached hydrogen (secondary N) is 2. The Hall–Kier alpha value is -3.42. The fraction of sp³-hybridized carbons (Fsp3) is 0.333. The van der Waals surface area contributed by atoms with Crippen molar-refractivity contribution in [1.82, 2.24) is 15.1 Å². The molecule has 2 amide bonds. The van der Waals surface area contributed by atoms with Gasteiger partial charge in [-0.2, -0.15) is 21.7 Å². The number of hydrogen-bond acceptors (Lipinski definition) is 7. The molecule has 3 heterocycles. The van der Waals surface area contributed by atoms with Crippen LogP contribution < -0.4 is 10.6 Å². The van der Waals surface area contributed by atoms with Gasteiger partial charge in [0, 0.05) is 18.0 Å². The first-order valence-electron chi connectivity index (χ1n) is 10.9. The van der Waals surface area contributed by atoms with E-state index >= 15 is 0 Å². The number of nitrogens with zero attached hydrogens (tertiary/aromatic N) is 3. The van der Waals surface area contributed by atoms with Gasteiger partial charge in [-0.05, 0) is 72.2 Å². The number of fused-ring (bicyclic) bond motifs is 1. The monoisotopic (exact) mass is 495 g/mol. The number of anilines is 1. The van der Waals surface area contributed by atoms with E-state index in [1.54, 1.807) is 22.1 Å². The van der Waals surface area contributed by atoms with Crippen molar-refractivity contribution < 1.29 is 14.3 Å². The van der Waals surface area contributed by atoms with Gasteiger partial charge >= 0.3 is 6.09 Å². The molecule has 34 heavy (non-hydrogen) atoms. The van der Waals surface area contributed by atoms with E-state index in [4.69, 9.17) is 4.74 Å². The van der Waals surface area contributed by atoms with E-state index in [2.05, 4.69) is 21.8 Å². The molecule has 176 valence electrons. The number of hydrogen-bond donors (Lipinski definition) is 2. The van der Waals surface area contributed by atoms with Crippen LogP contribution in [0.1, 0.15) is 39.4 Å². The van der Waals surface area contributed by atoms with Crippen LogP contribution in [0, 0.1) is 24.2 Å². The summed E-state index contributed by atoms with van der Waals surface area (Å²) in [6, 6.07) is 6.10. The lowest BCUT2D eigenvalue weighted by Crippen LogP contribution is -2.28. The second kappa shape index (κ2) is 10.7. The van der Waals surface area contributed by atoms with Gasteiger partial charge < -0.3 is 15.4 Å². The van der Waals surface area contributed by atoms with E-state index in [1.807, 2.05) is 36.9 Å². The molecule has 10 heteroatoms. The average molecular weight is 496 g/mol. The van der Waals surface area contributed by atoms with Crippen LogP contribution >= 0.6 is 22.7 Å². The molecule has 0 saturated heterocycles. The summed E-state index contributed by atoms with van der Waals surface area (Å²) in [5.74, 6) is -0.0918. The van der Waals surface area contributed by atoms with Gasteiger partial charge in [0.25, 0.3) is 0 Å². The SMILES string of the molecule is Cc1cc(CNC(=O)OCC2CCc3c(sc(NC(=O)/C=C/c4ccsc4)c3C#N)C2)n(C)n1. The predicted molar refractivity (Wildman–Crippen MR) is 133 cm³/mol. The number of aryl methyl sites for hydroxylation is 2. The van der Waals surface area contributed by atoms with Crippen molar-refractivity contribution in [2.45, 2.75) is 32.7 Å². The fourth-order valence-electron chi connectivity index (χ4n) is 3.94. The molecule has 0 aromatic carbocycles. The van der Waals surface area contributed by atoms with Gasteiger partial charge in [-0.15, -0.1) is 11.3 Å². The molecule has 1 aliphatic rings. The van der Waals surface area contributed by atoms with Crippen LogP contribution in [-0.4, -0.2) is 28.4 Å². The Bertz CT molecular complexity index is 1250. The molecule has 3 aromatic rings. The average Bonchev–Trinajstić information content (AvgIpc) is 3.53. The minimum atomic E-state index is -0.459. The smallest absolute Gasteiger partial charge is 0.407 e.